The van der Waals surface area contributed by atoms with Gasteiger partial charge in [-0.1, -0.05) is 18.9 Å². The van der Waals surface area contributed by atoms with Gasteiger partial charge in [0.25, 0.3) is 5.91 Å². The normalized spacial score (nSPS) is 14.3. The number of anilines is 3. The Morgan fingerprint density at radius 1 is 1.14 bits per heavy atom. The Bertz CT molecular complexity index is 1080. The first-order chi connectivity index (χ1) is 14.0. The van der Waals surface area contributed by atoms with Crippen molar-refractivity contribution < 1.29 is 9.59 Å². The van der Waals surface area contributed by atoms with Gasteiger partial charge >= 0.3 is 0 Å². The van der Waals surface area contributed by atoms with Gasteiger partial charge in [-0.25, -0.2) is 4.98 Å². The van der Waals surface area contributed by atoms with E-state index in [1.54, 1.807) is 18.3 Å². The Kier molecular flexibility index (Phi) is 4.99. The molecule has 2 amide bonds. The van der Waals surface area contributed by atoms with Crippen LogP contribution in [0.1, 0.15) is 29.6 Å². The molecule has 8 nitrogen and oxygen atoms in total. The van der Waals surface area contributed by atoms with Crippen molar-refractivity contribution in [1.82, 2.24) is 9.97 Å². The van der Waals surface area contributed by atoms with Gasteiger partial charge in [0.05, 0.1) is 11.1 Å². The highest BCUT2D eigenvalue weighted by molar-refractivity contribution is 5.99. The van der Waals surface area contributed by atoms with Crippen molar-refractivity contribution in [3.05, 3.63) is 54.2 Å². The van der Waals surface area contributed by atoms with E-state index in [1.165, 1.54) is 0 Å². The zero-order valence-corrected chi connectivity index (χ0v) is 15.8. The molecular formula is C21H22N6O2. The first-order valence-corrected chi connectivity index (χ1v) is 9.48. The second-order valence-electron chi connectivity index (χ2n) is 7.27. The van der Waals surface area contributed by atoms with Crippen LogP contribution < -0.4 is 22.1 Å². The number of nitrogens with two attached hydrogens (primary N) is 2. The van der Waals surface area contributed by atoms with Crippen LogP contribution >= 0.6 is 0 Å². The monoisotopic (exact) mass is 390 g/mol. The molecule has 0 spiro atoms. The number of nitrogens with one attached hydrogen (secondary N) is 2. The minimum absolute atomic E-state index is 0.250. The van der Waals surface area contributed by atoms with Gasteiger partial charge in [-0.15, -0.1) is 0 Å². The number of nitrogens with zero attached hydrogens (tertiary/aromatic N) is 2. The molecule has 1 aliphatic carbocycles. The smallest absolute Gasteiger partial charge is 0.252 e. The number of hydrogen-bond acceptors (Lipinski definition) is 6. The second-order valence-corrected chi connectivity index (χ2v) is 7.27. The van der Waals surface area contributed by atoms with E-state index >= 15 is 0 Å². The zero-order valence-electron chi connectivity index (χ0n) is 15.8. The summed E-state index contributed by atoms with van der Waals surface area (Å²) in [5, 5.41) is 7.18. The van der Waals surface area contributed by atoms with Crippen molar-refractivity contribution in [2.45, 2.75) is 25.3 Å². The zero-order chi connectivity index (χ0) is 20.4. The van der Waals surface area contributed by atoms with Crippen molar-refractivity contribution in [3.63, 3.8) is 0 Å². The summed E-state index contributed by atoms with van der Waals surface area (Å²) in [6.07, 6.45) is 4.63. The molecule has 0 aliphatic heterocycles. The Morgan fingerprint density at radius 2 is 1.97 bits per heavy atom. The molecule has 148 valence electrons. The summed E-state index contributed by atoms with van der Waals surface area (Å²) in [6, 6.07) is 12.1. The molecule has 1 saturated carbocycles. The molecule has 2 aromatic heterocycles. The fourth-order valence-corrected chi connectivity index (χ4v) is 3.24. The Morgan fingerprint density at radius 3 is 2.69 bits per heavy atom. The average Bonchev–Trinajstić information content (AvgIpc) is 3.51. The fourth-order valence-electron chi connectivity index (χ4n) is 3.24. The van der Waals surface area contributed by atoms with Crippen LogP contribution in [-0.4, -0.2) is 27.8 Å². The third kappa shape index (κ3) is 4.43. The van der Waals surface area contributed by atoms with Gasteiger partial charge in [-0.05, 0) is 48.7 Å². The van der Waals surface area contributed by atoms with Crippen LogP contribution in [0.5, 0.6) is 0 Å². The van der Waals surface area contributed by atoms with Crippen molar-refractivity contribution in [1.29, 1.82) is 0 Å². The Labute approximate surface area is 167 Å². The van der Waals surface area contributed by atoms with Gasteiger partial charge in [0.15, 0.2) is 0 Å². The number of carbonyl (C=O) groups is 2. The summed E-state index contributed by atoms with van der Waals surface area (Å²) < 4.78 is 0. The molecule has 1 aliphatic rings. The van der Waals surface area contributed by atoms with Gasteiger partial charge in [0.1, 0.15) is 17.7 Å². The SMILES string of the molecule is NC(=O)c1ccc(N[C@H](CC2CC2)C(N)=O)nc1Nc1ccc2ncccc2c1. The average molecular weight is 390 g/mol. The number of primary amides is 2. The standard InChI is InChI=1S/C21H22N6O2/c22-19(28)15-6-8-18(26-17(20(23)29)10-12-3-4-12)27-21(15)25-14-5-7-16-13(11-14)2-1-9-24-16/h1-2,5-9,11-12,17H,3-4,10H2,(H2,22,28)(H2,23,29)(H2,25,26,27)/t17-/m1/s1. The van der Waals surface area contributed by atoms with Crippen LogP contribution in [0.15, 0.2) is 48.7 Å². The van der Waals surface area contributed by atoms with E-state index in [0.29, 0.717) is 24.0 Å². The molecule has 29 heavy (non-hydrogen) atoms. The summed E-state index contributed by atoms with van der Waals surface area (Å²) in [7, 11) is 0. The lowest BCUT2D eigenvalue weighted by Crippen LogP contribution is -2.36. The van der Waals surface area contributed by atoms with E-state index in [2.05, 4.69) is 20.6 Å². The topological polar surface area (TPSA) is 136 Å². The van der Waals surface area contributed by atoms with E-state index in [1.807, 2.05) is 30.3 Å². The molecular weight excluding hydrogens is 368 g/mol. The van der Waals surface area contributed by atoms with Gasteiger partial charge < -0.3 is 22.1 Å². The lowest BCUT2D eigenvalue weighted by molar-refractivity contribution is -0.118. The molecule has 8 heteroatoms. The van der Waals surface area contributed by atoms with Crippen LogP contribution in [0.4, 0.5) is 17.3 Å². The number of rotatable bonds is 8. The van der Waals surface area contributed by atoms with Gasteiger partial charge in [0, 0.05) is 17.3 Å². The predicted molar refractivity (Wildman–Crippen MR) is 112 cm³/mol. The maximum Gasteiger partial charge on any atom is 0.252 e. The van der Waals surface area contributed by atoms with E-state index in [4.69, 9.17) is 11.5 Å². The third-order valence-electron chi connectivity index (χ3n) is 4.96. The molecule has 0 saturated heterocycles. The molecule has 1 aromatic carbocycles. The number of carbonyl (C=O) groups excluding carboxylic acids is 2. The highest BCUT2D eigenvalue weighted by Crippen LogP contribution is 2.34. The van der Waals surface area contributed by atoms with Gasteiger partial charge in [0.2, 0.25) is 5.91 Å². The molecule has 2 heterocycles. The maximum atomic E-state index is 11.9. The van der Waals surface area contributed by atoms with E-state index in [0.717, 1.165) is 29.4 Å². The number of hydrogen-bond donors (Lipinski definition) is 4. The van der Waals surface area contributed by atoms with Crippen LogP contribution in [0.25, 0.3) is 10.9 Å². The lowest BCUT2D eigenvalue weighted by Gasteiger charge is -2.17. The first kappa shape index (κ1) is 18.7. The predicted octanol–water partition coefficient (Wildman–Crippen LogP) is 2.54. The molecule has 0 bridgehead atoms. The quantitative estimate of drug-likeness (QED) is 0.467. The van der Waals surface area contributed by atoms with Gasteiger partial charge in [-0.3, -0.25) is 14.6 Å². The highest BCUT2D eigenvalue weighted by atomic mass is 16.1. The van der Waals surface area contributed by atoms with E-state index < -0.39 is 17.9 Å². The molecule has 0 unspecified atom stereocenters. The minimum Gasteiger partial charge on any atom is -0.368 e. The van der Waals surface area contributed by atoms with Crippen LogP contribution in [0, 0.1) is 5.92 Å². The first-order valence-electron chi connectivity index (χ1n) is 9.48. The van der Waals surface area contributed by atoms with Crippen LogP contribution in [0.2, 0.25) is 0 Å². The van der Waals surface area contributed by atoms with Crippen LogP contribution in [0.3, 0.4) is 0 Å². The Hall–Kier alpha value is -3.68. The molecule has 3 aromatic rings. The molecule has 1 atom stereocenters. The summed E-state index contributed by atoms with van der Waals surface area (Å²) >= 11 is 0. The fraction of sp³-hybridized carbons (Fsp3) is 0.238. The molecule has 4 rings (SSSR count). The van der Waals surface area contributed by atoms with E-state index in [9.17, 15) is 9.59 Å². The molecule has 0 radical (unpaired) electrons. The second kappa shape index (κ2) is 7.75. The van der Waals surface area contributed by atoms with Crippen molar-refractivity contribution in [3.8, 4) is 0 Å². The maximum absolute atomic E-state index is 11.9. The minimum atomic E-state index is -0.599. The number of benzene rings is 1. The highest BCUT2D eigenvalue weighted by Gasteiger charge is 2.28. The largest absolute Gasteiger partial charge is 0.368 e. The summed E-state index contributed by atoms with van der Waals surface area (Å²) in [5.41, 5.74) is 12.9. The lowest BCUT2D eigenvalue weighted by atomic mass is 10.1. The summed E-state index contributed by atoms with van der Waals surface area (Å²) in [4.78, 5) is 32.4. The third-order valence-corrected chi connectivity index (χ3v) is 4.96. The summed E-state index contributed by atoms with van der Waals surface area (Å²) in [5.74, 6) is 0.256. The molecule has 6 N–H and O–H groups in total. The number of aromatic nitrogens is 2. The van der Waals surface area contributed by atoms with Crippen LogP contribution in [-0.2, 0) is 4.79 Å². The van der Waals surface area contributed by atoms with Gasteiger partial charge in [-0.2, -0.15) is 0 Å². The Balaban J connectivity index is 1.61. The molecule has 1 fully saturated rings. The summed E-state index contributed by atoms with van der Waals surface area (Å²) in [6.45, 7) is 0. The van der Waals surface area contributed by atoms with Crippen molar-refractivity contribution in [2.75, 3.05) is 10.6 Å². The van der Waals surface area contributed by atoms with E-state index in [-0.39, 0.29) is 5.56 Å². The number of amides is 2. The van der Waals surface area contributed by atoms with Crippen molar-refractivity contribution in [2.24, 2.45) is 17.4 Å². The number of pyridine rings is 2. The number of fused-ring (bicyclic) bond motifs is 1. The van der Waals surface area contributed by atoms with Crippen molar-refractivity contribution >= 4 is 40.0 Å².